The summed E-state index contributed by atoms with van der Waals surface area (Å²) in [6, 6.07) is 38.0. The van der Waals surface area contributed by atoms with Crippen LogP contribution in [0.5, 0.6) is 5.75 Å². The zero-order valence-electron chi connectivity index (χ0n) is 18.9. The molecule has 4 aromatic carbocycles. The predicted octanol–water partition coefficient (Wildman–Crippen LogP) is 6.99. The Morgan fingerprint density at radius 2 is 1.33 bits per heavy atom. The maximum atomic E-state index is 6.08. The highest BCUT2D eigenvalue weighted by atomic mass is 16.5. The number of hydrogen-bond acceptors (Lipinski definition) is 2. The van der Waals surface area contributed by atoms with Crippen molar-refractivity contribution >= 4 is 11.0 Å². The van der Waals surface area contributed by atoms with Crippen molar-refractivity contribution in [1.29, 1.82) is 0 Å². The van der Waals surface area contributed by atoms with E-state index >= 15 is 0 Å². The largest absolute Gasteiger partial charge is 0.493 e. The molecular formula is C30H28N2O. The molecule has 0 saturated heterocycles. The first kappa shape index (κ1) is 21.0. The average Bonchev–Trinajstić information content (AvgIpc) is 3.22. The molecule has 0 atom stereocenters. The SMILES string of the molecule is Cc1ccccc1OCCCn1c(C(c2ccccc2)c2ccccc2)nc2ccccc21. The van der Waals surface area contributed by atoms with Crippen molar-refractivity contribution in [1.82, 2.24) is 9.55 Å². The van der Waals surface area contributed by atoms with Crippen molar-refractivity contribution in [3.8, 4) is 5.75 Å². The van der Waals surface area contributed by atoms with Crippen LogP contribution in [0.1, 0.15) is 34.9 Å². The van der Waals surface area contributed by atoms with Gasteiger partial charge in [-0.15, -0.1) is 0 Å². The van der Waals surface area contributed by atoms with Crippen LogP contribution in [0.3, 0.4) is 0 Å². The fourth-order valence-electron chi connectivity index (χ4n) is 4.45. The van der Waals surface area contributed by atoms with Gasteiger partial charge >= 0.3 is 0 Å². The Morgan fingerprint density at radius 1 is 0.727 bits per heavy atom. The monoisotopic (exact) mass is 432 g/mol. The van der Waals surface area contributed by atoms with E-state index in [1.54, 1.807) is 0 Å². The van der Waals surface area contributed by atoms with E-state index in [-0.39, 0.29) is 5.92 Å². The van der Waals surface area contributed by atoms with Gasteiger partial charge in [0.2, 0.25) is 0 Å². The second-order valence-corrected chi connectivity index (χ2v) is 8.33. The zero-order valence-corrected chi connectivity index (χ0v) is 18.9. The highest BCUT2D eigenvalue weighted by Crippen LogP contribution is 2.33. The van der Waals surface area contributed by atoms with Crippen molar-refractivity contribution in [2.45, 2.75) is 25.8 Å². The van der Waals surface area contributed by atoms with Gasteiger partial charge in [-0.25, -0.2) is 4.98 Å². The van der Waals surface area contributed by atoms with Gasteiger partial charge in [0.1, 0.15) is 11.6 Å². The first-order valence-corrected chi connectivity index (χ1v) is 11.5. The van der Waals surface area contributed by atoms with Gasteiger partial charge in [-0.05, 0) is 48.2 Å². The molecule has 0 aliphatic carbocycles. The van der Waals surface area contributed by atoms with Crippen LogP contribution in [0.25, 0.3) is 11.0 Å². The Morgan fingerprint density at radius 3 is 2.03 bits per heavy atom. The Labute approximate surface area is 195 Å². The second kappa shape index (κ2) is 9.74. The molecule has 164 valence electrons. The summed E-state index contributed by atoms with van der Waals surface area (Å²) in [6.07, 6.45) is 0.901. The molecule has 0 fully saturated rings. The molecule has 0 saturated carbocycles. The lowest BCUT2D eigenvalue weighted by atomic mass is 9.90. The maximum absolute atomic E-state index is 6.08. The summed E-state index contributed by atoms with van der Waals surface area (Å²) >= 11 is 0. The maximum Gasteiger partial charge on any atom is 0.122 e. The normalized spacial score (nSPS) is 11.2. The molecule has 0 spiro atoms. The highest BCUT2D eigenvalue weighted by molar-refractivity contribution is 5.76. The minimum absolute atomic E-state index is 0.0667. The number of rotatable bonds is 8. The third-order valence-corrected chi connectivity index (χ3v) is 6.09. The standard InChI is InChI=1S/C30H28N2O/c1-23-13-8-11-20-28(23)33-22-12-21-32-27-19-10-9-18-26(27)31-30(32)29(24-14-4-2-5-15-24)25-16-6-3-7-17-25/h2-11,13-20,29H,12,21-22H2,1H3. The van der Waals surface area contributed by atoms with Crippen LogP contribution in [0.15, 0.2) is 109 Å². The van der Waals surface area contributed by atoms with Gasteiger partial charge in [-0.3, -0.25) is 0 Å². The number of ether oxygens (including phenoxy) is 1. The topological polar surface area (TPSA) is 27.1 Å². The molecule has 0 amide bonds. The van der Waals surface area contributed by atoms with E-state index in [0.29, 0.717) is 6.61 Å². The quantitative estimate of drug-likeness (QED) is 0.247. The third kappa shape index (κ3) is 4.54. The molecule has 33 heavy (non-hydrogen) atoms. The summed E-state index contributed by atoms with van der Waals surface area (Å²) in [5.74, 6) is 2.10. The minimum atomic E-state index is 0.0667. The molecule has 0 aliphatic heterocycles. The summed E-state index contributed by atoms with van der Waals surface area (Å²) in [5, 5.41) is 0. The number of aryl methyl sites for hydroxylation is 2. The van der Waals surface area contributed by atoms with Crippen LogP contribution < -0.4 is 4.74 Å². The van der Waals surface area contributed by atoms with Gasteiger partial charge in [-0.1, -0.05) is 91.0 Å². The van der Waals surface area contributed by atoms with Crippen molar-refractivity contribution in [3.05, 3.63) is 132 Å². The number of imidazole rings is 1. The Hall–Kier alpha value is -3.85. The summed E-state index contributed by atoms with van der Waals surface area (Å²) < 4.78 is 8.46. The van der Waals surface area contributed by atoms with Crippen molar-refractivity contribution < 1.29 is 4.74 Å². The van der Waals surface area contributed by atoms with Gasteiger partial charge in [0.05, 0.1) is 23.6 Å². The van der Waals surface area contributed by atoms with E-state index in [1.807, 2.05) is 18.2 Å². The van der Waals surface area contributed by atoms with Gasteiger partial charge in [0.25, 0.3) is 0 Å². The van der Waals surface area contributed by atoms with E-state index in [2.05, 4.69) is 102 Å². The zero-order chi connectivity index (χ0) is 22.5. The molecule has 0 aliphatic rings. The van der Waals surface area contributed by atoms with E-state index in [1.165, 1.54) is 22.2 Å². The smallest absolute Gasteiger partial charge is 0.122 e. The predicted molar refractivity (Wildman–Crippen MR) is 135 cm³/mol. The number of aromatic nitrogens is 2. The van der Waals surface area contributed by atoms with Gasteiger partial charge < -0.3 is 9.30 Å². The molecule has 3 heteroatoms. The molecule has 3 nitrogen and oxygen atoms in total. The fraction of sp³-hybridized carbons (Fsp3) is 0.167. The van der Waals surface area contributed by atoms with Crippen molar-refractivity contribution in [2.75, 3.05) is 6.61 Å². The van der Waals surface area contributed by atoms with Crippen LogP contribution in [-0.2, 0) is 6.54 Å². The fourth-order valence-corrected chi connectivity index (χ4v) is 4.45. The summed E-state index contributed by atoms with van der Waals surface area (Å²) in [4.78, 5) is 5.14. The molecule has 0 unspecified atom stereocenters. The number of benzene rings is 4. The molecule has 1 heterocycles. The Balaban J connectivity index is 1.49. The minimum Gasteiger partial charge on any atom is -0.493 e. The summed E-state index contributed by atoms with van der Waals surface area (Å²) in [5.41, 5.74) is 5.86. The first-order chi connectivity index (χ1) is 16.3. The van der Waals surface area contributed by atoms with Gasteiger partial charge in [0.15, 0.2) is 0 Å². The second-order valence-electron chi connectivity index (χ2n) is 8.33. The lowest BCUT2D eigenvalue weighted by Gasteiger charge is -2.20. The summed E-state index contributed by atoms with van der Waals surface area (Å²) in [7, 11) is 0. The summed E-state index contributed by atoms with van der Waals surface area (Å²) in [6.45, 7) is 3.59. The van der Waals surface area contributed by atoms with Crippen LogP contribution in [0.4, 0.5) is 0 Å². The molecule has 0 N–H and O–H groups in total. The van der Waals surface area contributed by atoms with E-state index in [9.17, 15) is 0 Å². The number of para-hydroxylation sites is 3. The van der Waals surface area contributed by atoms with Crippen LogP contribution in [-0.4, -0.2) is 16.2 Å². The lowest BCUT2D eigenvalue weighted by Crippen LogP contribution is -2.13. The molecule has 1 aromatic heterocycles. The van der Waals surface area contributed by atoms with Gasteiger partial charge in [-0.2, -0.15) is 0 Å². The van der Waals surface area contributed by atoms with Crippen molar-refractivity contribution in [3.63, 3.8) is 0 Å². The number of fused-ring (bicyclic) bond motifs is 1. The van der Waals surface area contributed by atoms with Crippen molar-refractivity contribution in [2.24, 2.45) is 0 Å². The Kier molecular flexibility index (Phi) is 6.21. The lowest BCUT2D eigenvalue weighted by molar-refractivity contribution is 0.300. The average molecular weight is 433 g/mol. The molecule has 5 rings (SSSR count). The number of hydrogen-bond donors (Lipinski definition) is 0. The van der Waals surface area contributed by atoms with Crippen LogP contribution in [0.2, 0.25) is 0 Å². The third-order valence-electron chi connectivity index (χ3n) is 6.09. The Bertz CT molecular complexity index is 1290. The number of nitrogens with zero attached hydrogens (tertiary/aromatic N) is 2. The van der Waals surface area contributed by atoms with E-state index < -0.39 is 0 Å². The molecular weight excluding hydrogens is 404 g/mol. The van der Waals surface area contributed by atoms with Gasteiger partial charge in [0, 0.05) is 6.54 Å². The van der Waals surface area contributed by atoms with Crippen LogP contribution >= 0.6 is 0 Å². The molecule has 0 radical (unpaired) electrons. The first-order valence-electron chi connectivity index (χ1n) is 11.5. The van der Waals surface area contributed by atoms with E-state index in [0.717, 1.165) is 30.1 Å². The molecule has 0 bridgehead atoms. The highest BCUT2D eigenvalue weighted by Gasteiger charge is 2.23. The molecule has 5 aromatic rings. The van der Waals surface area contributed by atoms with Crippen LogP contribution in [0, 0.1) is 6.92 Å². The van der Waals surface area contributed by atoms with E-state index in [4.69, 9.17) is 9.72 Å².